The molecular weight excluding hydrogens is 363 g/mol. The molecule has 0 saturated carbocycles. The fourth-order valence-corrected chi connectivity index (χ4v) is 3.88. The van der Waals surface area contributed by atoms with E-state index >= 15 is 0 Å². The Balaban J connectivity index is 1.84. The van der Waals surface area contributed by atoms with Gasteiger partial charge in [-0.1, -0.05) is 32.0 Å². The second-order valence-corrected chi connectivity index (χ2v) is 7.53. The molecule has 2 nitrogen and oxygen atoms in total. The maximum absolute atomic E-state index is 13.2. The Labute approximate surface area is 163 Å². The predicted molar refractivity (Wildman–Crippen MR) is 106 cm³/mol. The standard InChI is InChI=1S/C23H24F3NO/c1-3-22(4-2)15-20(16-7-5-8-18(13-16)27-11-6-12-27)19-10-9-17(23(24,25)26)14-21(19)28-22/h5,7-10,13-15H,3-4,6,11-12H2,1-2H3. The summed E-state index contributed by atoms with van der Waals surface area (Å²) >= 11 is 0. The average Bonchev–Trinajstić information content (AvgIpc) is 2.64. The Morgan fingerprint density at radius 1 is 1.04 bits per heavy atom. The van der Waals surface area contributed by atoms with Crippen molar-refractivity contribution in [2.75, 3.05) is 18.0 Å². The van der Waals surface area contributed by atoms with Gasteiger partial charge in [0.25, 0.3) is 0 Å². The lowest BCUT2D eigenvalue weighted by molar-refractivity contribution is -0.137. The molecule has 1 saturated heterocycles. The first kappa shape index (κ1) is 18.9. The van der Waals surface area contributed by atoms with E-state index in [4.69, 9.17) is 4.74 Å². The molecule has 0 atom stereocenters. The van der Waals surface area contributed by atoms with E-state index in [9.17, 15) is 13.2 Å². The third-order valence-corrected chi connectivity index (χ3v) is 5.90. The molecule has 0 amide bonds. The minimum absolute atomic E-state index is 0.311. The van der Waals surface area contributed by atoms with Crippen LogP contribution in [0.4, 0.5) is 18.9 Å². The Morgan fingerprint density at radius 2 is 1.79 bits per heavy atom. The molecule has 2 aliphatic heterocycles. The van der Waals surface area contributed by atoms with Crippen LogP contribution >= 0.6 is 0 Å². The van der Waals surface area contributed by atoms with Crippen molar-refractivity contribution in [1.82, 2.24) is 0 Å². The van der Waals surface area contributed by atoms with E-state index in [0.29, 0.717) is 24.2 Å². The van der Waals surface area contributed by atoms with Gasteiger partial charge in [0.2, 0.25) is 0 Å². The highest BCUT2D eigenvalue weighted by Gasteiger charge is 2.36. The van der Waals surface area contributed by atoms with Gasteiger partial charge in [-0.15, -0.1) is 0 Å². The molecule has 148 valence electrons. The molecular formula is C23H24F3NO. The van der Waals surface area contributed by atoms with Gasteiger partial charge in [0.15, 0.2) is 0 Å². The van der Waals surface area contributed by atoms with Crippen molar-refractivity contribution in [1.29, 1.82) is 0 Å². The quantitative estimate of drug-likeness (QED) is 0.610. The highest BCUT2D eigenvalue weighted by atomic mass is 19.4. The van der Waals surface area contributed by atoms with Crippen LogP contribution in [0.1, 0.15) is 49.8 Å². The van der Waals surface area contributed by atoms with Crippen LogP contribution in [0.15, 0.2) is 48.5 Å². The molecule has 0 bridgehead atoms. The summed E-state index contributed by atoms with van der Waals surface area (Å²) in [5, 5.41) is 0. The summed E-state index contributed by atoms with van der Waals surface area (Å²) < 4.78 is 45.9. The molecule has 2 aliphatic rings. The largest absolute Gasteiger partial charge is 0.483 e. The van der Waals surface area contributed by atoms with Crippen LogP contribution in [-0.4, -0.2) is 18.7 Å². The number of halogens is 3. The van der Waals surface area contributed by atoms with Gasteiger partial charge in [-0.2, -0.15) is 13.2 Å². The number of hydrogen-bond acceptors (Lipinski definition) is 2. The summed E-state index contributed by atoms with van der Waals surface area (Å²) in [6.45, 7) is 6.11. The monoisotopic (exact) mass is 387 g/mol. The zero-order chi connectivity index (χ0) is 19.9. The first-order chi connectivity index (χ1) is 13.3. The van der Waals surface area contributed by atoms with E-state index in [0.717, 1.165) is 42.0 Å². The molecule has 2 aromatic rings. The molecule has 5 heteroatoms. The molecule has 4 rings (SSSR count). The van der Waals surface area contributed by atoms with Gasteiger partial charge in [-0.3, -0.25) is 0 Å². The molecule has 0 unspecified atom stereocenters. The molecule has 2 heterocycles. The number of alkyl halides is 3. The second-order valence-electron chi connectivity index (χ2n) is 7.53. The van der Waals surface area contributed by atoms with E-state index in [1.165, 1.54) is 12.5 Å². The number of hydrogen-bond donors (Lipinski definition) is 0. The van der Waals surface area contributed by atoms with E-state index in [1.54, 1.807) is 0 Å². The zero-order valence-electron chi connectivity index (χ0n) is 16.1. The summed E-state index contributed by atoms with van der Waals surface area (Å²) in [5.74, 6) is 0.311. The van der Waals surface area contributed by atoms with Crippen molar-refractivity contribution in [3.8, 4) is 5.75 Å². The molecule has 0 N–H and O–H groups in total. The first-order valence-electron chi connectivity index (χ1n) is 9.84. The molecule has 28 heavy (non-hydrogen) atoms. The Morgan fingerprint density at radius 3 is 2.39 bits per heavy atom. The minimum atomic E-state index is -4.39. The van der Waals surface area contributed by atoms with Crippen LogP contribution in [0, 0.1) is 0 Å². The topological polar surface area (TPSA) is 12.5 Å². The van der Waals surface area contributed by atoms with Gasteiger partial charge in [0.05, 0.1) is 5.56 Å². The number of ether oxygens (including phenoxy) is 1. The van der Waals surface area contributed by atoms with Gasteiger partial charge in [-0.25, -0.2) is 0 Å². The number of anilines is 1. The lowest BCUT2D eigenvalue weighted by Crippen LogP contribution is -2.37. The lowest BCUT2D eigenvalue weighted by Gasteiger charge is -2.37. The zero-order valence-corrected chi connectivity index (χ0v) is 16.1. The van der Waals surface area contributed by atoms with Crippen molar-refractivity contribution < 1.29 is 17.9 Å². The van der Waals surface area contributed by atoms with E-state index in [-0.39, 0.29) is 0 Å². The van der Waals surface area contributed by atoms with E-state index < -0.39 is 17.3 Å². The summed E-state index contributed by atoms with van der Waals surface area (Å²) in [5.41, 5.74) is 2.55. The minimum Gasteiger partial charge on any atom is -0.483 e. The van der Waals surface area contributed by atoms with Crippen LogP contribution in [-0.2, 0) is 6.18 Å². The molecule has 1 fully saturated rings. The van der Waals surface area contributed by atoms with Crippen molar-refractivity contribution >= 4 is 11.3 Å². The maximum Gasteiger partial charge on any atom is 0.416 e. The van der Waals surface area contributed by atoms with Gasteiger partial charge in [0, 0.05) is 24.3 Å². The Hall–Kier alpha value is -2.43. The third kappa shape index (κ3) is 3.27. The molecule has 0 spiro atoms. The van der Waals surface area contributed by atoms with Crippen LogP contribution in [0.3, 0.4) is 0 Å². The molecule has 0 radical (unpaired) electrons. The first-order valence-corrected chi connectivity index (χ1v) is 9.84. The smallest absolute Gasteiger partial charge is 0.416 e. The predicted octanol–water partition coefficient (Wildman–Crippen LogP) is 6.30. The van der Waals surface area contributed by atoms with Crippen LogP contribution in [0.5, 0.6) is 5.75 Å². The summed E-state index contributed by atoms with van der Waals surface area (Å²) in [4.78, 5) is 2.31. The fourth-order valence-electron chi connectivity index (χ4n) is 3.88. The van der Waals surface area contributed by atoms with Crippen molar-refractivity contribution in [2.24, 2.45) is 0 Å². The van der Waals surface area contributed by atoms with E-state index in [1.807, 2.05) is 26.0 Å². The second kappa shape index (κ2) is 6.87. The third-order valence-electron chi connectivity index (χ3n) is 5.90. The van der Waals surface area contributed by atoms with Crippen molar-refractivity contribution in [3.05, 3.63) is 65.2 Å². The fraction of sp³-hybridized carbons (Fsp3) is 0.391. The highest BCUT2D eigenvalue weighted by Crippen LogP contribution is 2.44. The number of benzene rings is 2. The normalized spacial score (nSPS) is 18.0. The van der Waals surface area contributed by atoms with Gasteiger partial charge >= 0.3 is 6.18 Å². The lowest BCUT2D eigenvalue weighted by atomic mass is 9.85. The van der Waals surface area contributed by atoms with Crippen molar-refractivity contribution in [3.63, 3.8) is 0 Å². The van der Waals surface area contributed by atoms with Gasteiger partial charge < -0.3 is 9.64 Å². The number of nitrogens with zero attached hydrogens (tertiary/aromatic N) is 1. The summed E-state index contributed by atoms with van der Waals surface area (Å²) in [6.07, 6.45) is 0.275. The van der Waals surface area contributed by atoms with Crippen LogP contribution in [0.2, 0.25) is 0 Å². The van der Waals surface area contributed by atoms with Gasteiger partial charge in [-0.05, 0) is 60.7 Å². The number of fused-ring (bicyclic) bond motifs is 1. The van der Waals surface area contributed by atoms with Crippen LogP contribution in [0.25, 0.3) is 5.57 Å². The molecule has 0 aliphatic carbocycles. The Bertz CT molecular complexity index is 908. The molecule has 2 aromatic carbocycles. The van der Waals surface area contributed by atoms with Crippen LogP contribution < -0.4 is 9.64 Å². The van der Waals surface area contributed by atoms with E-state index in [2.05, 4.69) is 23.1 Å². The number of rotatable bonds is 4. The van der Waals surface area contributed by atoms with Crippen molar-refractivity contribution in [2.45, 2.75) is 44.9 Å². The maximum atomic E-state index is 13.2. The van der Waals surface area contributed by atoms with Gasteiger partial charge in [0.1, 0.15) is 11.4 Å². The summed E-state index contributed by atoms with van der Waals surface area (Å²) in [6, 6.07) is 12.1. The summed E-state index contributed by atoms with van der Waals surface area (Å²) in [7, 11) is 0. The Kier molecular flexibility index (Phi) is 4.64. The molecule has 0 aromatic heterocycles. The SMILES string of the molecule is CCC1(CC)C=C(c2cccc(N3CCC3)c2)c2ccc(C(F)(F)F)cc2O1. The average molecular weight is 387 g/mol. The highest BCUT2D eigenvalue weighted by molar-refractivity contribution is 5.86.